The standard InChI is InChI=1S/C16H26N2O/c1-3-18-10-7-15(8-11-18)17-9-12-19-16-6-4-5-14(2)13-16/h4-6,13,15,17H,3,7-12H2,1-2H3. The molecule has 0 atom stereocenters. The highest BCUT2D eigenvalue weighted by molar-refractivity contribution is 5.27. The molecule has 1 aliphatic rings. The van der Waals surface area contributed by atoms with Crippen molar-refractivity contribution in [2.24, 2.45) is 0 Å². The number of likely N-dealkylation sites (tertiary alicyclic amines) is 1. The molecule has 1 heterocycles. The average molecular weight is 262 g/mol. The van der Waals surface area contributed by atoms with Crippen molar-refractivity contribution < 1.29 is 4.74 Å². The van der Waals surface area contributed by atoms with Gasteiger partial charge in [0.2, 0.25) is 0 Å². The minimum Gasteiger partial charge on any atom is -0.492 e. The summed E-state index contributed by atoms with van der Waals surface area (Å²) in [6.45, 7) is 9.65. The van der Waals surface area contributed by atoms with Crippen LogP contribution < -0.4 is 10.1 Å². The number of nitrogens with one attached hydrogen (secondary N) is 1. The first-order chi connectivity index (χ1) is 9.28. The number of hydrogen-bond acceptors (Lipinski definition) is 3. The van der Waals surface area contributed by atoms with Crippen LogP contribution in [0.1, 0.15) is 25.3 Å². The van der Waals surface area contributed by atoms with Gasteiger partial charge in [-0.25, -0.2) is 0 Å². The summed E-state index contributed by atoms with van der Waals surface area (Å²) in [6.07, 6.45) is 2.52. The summed E-state index contributed by atoms with van der Waals surface area (Å²) in [7, 11) is 0. The van der Waals surface area contributed by atoms with E-state index < -0.39 is 0 Å². The Morgan fingerprint density at radius 2 is 2.11 bits per heavy atom. The van der Waals surface area contributed by atoms with E-state index in [9.17, 15) is 0 Å². The van der Waals surface area contributed by atoms with Crippen molar-refractivity contribution in [3.63, 3.8) is 0 Å². The number of nitrogens with zero attached hydrogens (tertiary/aromatic N) is 1. The zero-order valence-electron chi connectivity index (χ0n) is 12.2. The molecule has 0 amide bonds. The molecule has 0 radical (unpaired) electrons. The fraction of sp³-hybridized carbons (Fsp3) is 0.625. The second-order valence-electron chi connectivity index (χ2n) is 5.33. The highest BCUT2D eigenvalue weighted by Crippen LogP contribution is 2.12. The molecule has 0 saturated carbocycles. The highest BCUT2D eigenvalue weighted by atomic mass is 16.5. The van der Waals surface area contributed by atoms with E-state index in [1.807, 2.05) is 12.1 Å². The Hall–Kier alpha value is -1.06. The third-order valence-corrected chi connectivity index (χ3v) is 3.83. The molecule has 0 unspecified atom stereocenters. The molecule has 1 saturated heterocycles. The maximum Gasteiger partial charge on any atom is 0.119 e. The quantitative estimate of drug-likeness (QED) is 0.797. The van der Waals surface area contributed by atoms with Crippen molar-refractivity contribution in [3.05, 3.63) is 29.8 Å². The molecule has 0 spiro atoms. The summed E-state index contributed by atoms with van der Waals surface area (Å²) in [5.74, 6) is 0.975. The van der Waals surface area contributed by atoms with Crippen molar-refractivity contribution in [3.8, 4) is 5.75 Å². The monoisotopic (exact) mass is 262 g/mol. The van der Waals surface area contributed by atoms with Crippen molar-refractivity contribution >= 4 is 0 Å². The third kappa shape index (κ3) is 4.84. The van der Waals surface area contributed by atoms with Gasteiger partial charge in [0.25, 0.3) is 0 Å². The first-order valence-electron chi connectivity index (χ1n) is 7.43. The Bertz CT molecular complexity index is 373. The predicted molar refractivity (Wildman–Crippen MR) is 79.8 cm³/mol. The van der Waals surface area contributed by atoms with Gasteiger partial charge in [-0.05, 0) is 57.1 Å². The molecule has 3 nitrogen and oxygen atoms in total. The molecule has 19 heavy (non-hydrogen) atoms. The van der Waals surface area contributed by atoms with Crippen LogP contribution in [-0.4, -0.2) is 43.7 Å². The lowest BCUT2D eigenvalue weighted by Gasteiger charge is -2.31. The zero-order valence-corrected chi connectivity index (χ0v) is 12.2. The Morgan fingerprint density at radius 1 is 1.32 bits per heavy atom. The van der Waals surface area contributed by atoms with Crippen molar-refractivity contribution in [2.75, 3.05) is 32.8 Å². The summed E-state index contributed by atoms with van der Waals surface area (Å²) < 4.78 is 5.75. The summed E-state index contributed by atoms with van der Waals surface area (Å²) in [4.78, 5) is 2.52. The molecule has 0 aliphatic carbocycles. The number of hydrogen-bond donors (Lipinski definition) is 1. The summed E-state index contributed by atoms with van der Waals surface area (Å²) in [5, 5.41) is 3.60. The largest absolute Gasteiger partial charge is 0.492 e. The summed E-state index contributed by atoms with van der Waals surface area (Å²) >= 11 is 0. The fourth-order valence-corrected chi connectivity index (χ4v) is 2.59. The lowest BCUT2D eigenvalue weighted by Crippen LogP contribution is -2.43. The topological polar surface area (TPSA) is 24.5 Å². The van der Waals surface area contributed by atoms with E-state index in [0.29, 0.717) is 6.04 Å². The van der Waals surface area contributed by atoms with Crippen LogP contribution >= 0.6 is 0 Å². The normalized spacial score (nSPS) is 17.6. The van der Waals surface area contributed by atoms with Crippen LogP contribution in [0.3, 0.4) is 0 Å². The molecule has 1 N–H and O–H groups in total. The predicted octanol–water partition coefficient (Wildman–Crippen LogP) is 2.45. The van der Waals surface area contributed by atoms with E-state index in [4.69, 9.17) is 4.74 Å². The SMILES string of the molecule is CCN1CCC(NCCOc2cccc(C)c2)CC1. The maximum atomic E-state index is 5.75. The van der Waals surface area contributed by atoms with Gasteiger partial charge in [-0.3, -0.25) is 0 Å². The van der Waals surface area contributed by atoms with Crippen LogP contribution in [0.25, 0.3) is 0 Å². The molecule has 0 aromatic heterocycles. The van der Waals surface area contributed by atoms with E-state index in [2.05, 4.69) is 36.2 Å². The second kappa shape index (κ2) is 7.51. The second-order valence-corrected chi connectivity index (χ2v) is 5.33. The minimum atomic E-state index is 0.670. The Morgan fingerprint density at radius 3 is 2.79 bits per heavy atom. The van der Waals surface area contributed by atoms with Crippen LogP contribution in [0.5, 0.6) is 5.75 Å². The average Bonchev–Trinajstić information content (AvgIpc) is 2.44. The minimum absolute atomic E-state index is 0.670. The molecule has 0 bridgehead atoms. The lowest BCUT2D eigenvalue weighted by atomic mass is 10.1. The van der Waals surface area contributed by atoms with E-state index in [1.165, 1.54) is 38.0 Å². The zero-order chi connectivity index (χ0) is 13.5. The van der Waals surface area contributed by atoms with Crippen molar-refractivity contribution in [1.82, 2.24) is 10.2 Å². The fourth-order valence-electron chi connectivity index (χ4n) is 2.59. The van der Waals surface area contributed by atoms with Crippen molar-refractivity contribution in [2.45, 2.75) is 32.7 Å². The molecule has 2 rings (SSSR count). The van der Waals surface area contributed by atoms with Gasteiger partial charge in [-0.15, -0.1) is 0 Å². The molecule has 1 fully saturated rings. The van der Waals surface area contributed by atoms with Gasteiger partial charge in [0.15, 0.2) is 0 Å². The highest BCUT2D eigenvalue weighted by Gasteiger charge is 2.16. The van der Waals surface area contributed by atoms with E-state index in [0.717, 1.165) is 18.9 Å². The van der Waals surface area contributed by atoms with Gasteiger partial charge in [0, 0.05) is 12.6 Å². The van der Waals surface area contributed by atoms with E-state index in [1.54, 1.807) is 0 Å². The van der Waals surface area contributed by atoms with E-state index in [-0.39, 0.29) is 0 Å². The molecular formula is C16H26N2O. The molecule has 1 aromatic rings. The number of aryl methyl sites for hydroxylation is 1. The lowest BCUT2D eigenvalue weighted by molar-refractivity contribution is 0.200. The first kappa shape index (κ1) is 14.4. The smallest absolute Gasteiger partial charge is 0.119 e. The van der Waals surface area contributed by atoms with Gasteiger partial charge in [0.05, 0.1) is 0 Å². The van der Waals surface area contributed by atoms with Crippen LogP contribution in [0.15, 0.2) is 24.3 Å². The number of piperidine rings is 1. The number of rotatable bonds is 6. The van der Waals surface area contributed by atoms with E-state index >= 15 is 0 Å². The van der Waals surface area contributed by atoms with Gasteiger partial charge in [-0.2, -0.15) is 0 Å². The van der Waals surface area contributed by atoms with Gasteiger partial charge < -0.3 is 15.0 Å². The van der Waals surface area contributed by atoms with Crippen LogP contribution in [0.4, 0.5) is 0 Å². The van der Waals surface area contributed by atoms with Crippen LogP contribution in [0.2, 0.25) is 0 Å². The Kier molecular flexibility index (Phi) is 5.67. The van der Waals surface area contributed by atoms with Gasteiger partial charge >= 0.3 is 0 Å². The summed E-state index contributed by atoms with van der Waals surface area (Å²) in [6, 6.07) is 8.90. The van der Waals surface area contributed by atoms with Crippen LogP contribution in [0, 0.1) is 6.92 Å². The van der Waals surface area contributed by atoms with Crippen molar-refractivity contribution in [1.29, 1.82) is 0 Å². The number of ether oxygens (including phenoxy) is 1. The molecule has 106 valence electrons. The third-order valence-electron chi connectivity index (χ3n) is 3.83. The first-order valence-corrected chi connectivity index (χ1v) is 7.43. The Balaban J connectivity index is 1.60. The van der Waals surface area contributed by atoms with Gasteiger partial charge in [0.1, 0.15) is 12.4 Å². The van der Waals surface area contributed by atoms with Crippen LogP contribution in [-0.2, 0) is 0 Å². The van der Waals surface area contributed by atoms with Gasteiger partial charge in [-0.1, -0.05) is 19.1 Å². The maximum absolute atomic E-state index is 5.75. The molecule has 3 heteroatoms. The Labute approximate surface area is 116 Å². The molecule has 1 aliphatic heterocycles. The summed E-state index contributed by atoms with van der Waals surface area (Å²) in [5.41, 5.74) is 1.25. The molecule has 1 aromatic carbocycles. The number of benzene rings is 1. The molecular weight excluding hydrogens is 236 g/mol.